The summed E-state index contributed by atoms with van der Waals surface area (Å²) >= 11 is 0. The summed E-state index contributed by atoms with van der Waals surface area (Å²) in [4.78, 5) is 35.7. The van der Waals surface area contributed by atoms with Crippen LogP contribution in [0.4, 0.5) is 9.59 Å². The van der Waals surface area contributed by atoms with Crippen molar-refractivity contribution in [2.75, 3.05) is 13.2 Å². The molecule has 0 saturated heterocycles. The van der Waals surface area contributed by atoms with Crippen LogP contribution in [-0.2, 0) is 20.9 Å². The van der Waals surface area contributed by atoms with E-state index in [4.69, 9.17) is 9.47 Å². The molecule has 3 aromatic carbocycles. The van der Waals surface area contributed by atoms with Gasteiger partial charge in [-0.1, -0.05) is 78.9 Å². The summed E-state index contributed by atoms with van der Waals surface area (Å²) in [7, 11) is 0. The molecule has 0 bridgehead atoms. The molecule has 1 aliphatic rings. The molecule has 0 heterocycles. The zero-order valence-electron chi connectivity index (χ0n) is 19.7. The van der Waals surface area contributed by atoms with Crippen molar-refractivity contribution in [1.29, 1.82) is 0 Å². The van der Waals surface area contributed by atoms with E-state index in [1.807, 2.05) is 54.6 Å². The number of carbonyl (C=O) groups excluding carboxylic acids is 2. The molecule has 0 aliphatic heterocycles. The SMILES string of the molecule is O=C(NCCC[C@H](NC(=O)OCc1ccccc1)C(=O)O)OCC1c2ccccc2-c2ccccc21. The van der Waals surface area contributed by atoms with Crippen LogP contribution in [0.1, 0.15) is 35.4 Å². The smallest absolute Gasteiger partial charge is 0.408 e. The Kier molecular flexibility index (Phi) is 8.18. The maximum absolute atomic E-state index is 12.3. The van der Waals surface area contributed by atoms with Gasteiger partial charge in [0.2, 0.25) is 0 Å². The minimum absolute atomic E-state index is 0.0364. The average Bonchev–Trinajstić information content (AvgIpc) is 3.22. The lowest BCUT2D eigenvalue weighted by Gasteiger charge is -2.16. The highest BCUT2D eigenvalue weighted by Gasteiger charge is 2.29. The van der Waals surface area contributed by atoms with Crippen molar-refractivity contribution in [3.63, 3.8) is 0 Å². The molecular formula is C28H28N2O6. The number of rotatable bonds is 10. The van der Waals surface area contributed by atoms with Gasteiger partial charge in [-0.3, -0.25) is 0 Å². The molecule has 0 unspecified atom stereocenters. The van der Waals surface area contributed by atoms with Crippen molar-refractivity contribution in [1.82, 2.24) is 10.6 Å². The van der Waals surface area contributed by atoms with E-state index in [0.29, 0.717) is 6.42 Å². The first-order valence-electron chi connectivity index (χ1n) is 11.8. The monoisotopic (exact) mass is 488 g/mol. The highest BCUT2D eigenvalue weighted by Crippen LogP contribution is 2.44. The first kappa shape index (κ1) is 24.8. The highest BCUT2D eigenvalue weighted by atomic mass is 16.6. The number of hydrogen-bond acceptors (Lipinski definition) is 5. The molecule has 36 heavy (non-hydrogen) atoms. The van der Waals surface area contributed by atoms with E-state index in [2.05, 4.69) is 22.8 Å². The van der Waals surface area contributed by atoms with E-state index in [-0.39, 0.29) is 32.1 Å². The Labute approximate surface area is 209 Å². The van der Waals surface area contributed by atoms with Crippen molar-refractivity contribution in [3.8, 4) is 11.1 Å². The van der Waals surface area contributed by atoms with Gasteiger partial charge < -0.3 is 25.2 Å². The molecule has 0 fully saturated rings. The summed E-state index contributed by atoms with van der Waals surface area (Å²) in [5.41, 5.74) is 5.35. The molecule has 4 rings (SSSR count). The number of benzene rings is 3. The zero-order chi connectivity index (χ0) is 25.3. The van der Waals surface area contributed by atoms with Gasteiger partial charge in [-0.05, 0) is 40.7 Å². The van der Waals surface area contributed by atoms with Crippen molar-refractivity contribution in [2.24, 2.45) is 0 Å². The third-order valence-corrected chi connectivity index (χ3v) is 6.09. The highest BCUT2D eigenvalue weighted by molar-refractivity contribution is 5.80. The molecule has 1 aliphatic carbocycles. The van der Waals surface area contributed by atoms with Crippen LogP contribution < -0.4 is 10.6 Å². The number of amides is 2. The van der Waals surface area contributed by atoms with Gasteiger partial charge in [-0.2, -0.15) is 0 Å². The molecule has 3 N–H and O–H groups in total. The number of ether oxygens (including phenoxy) is 2. The molecule has 8 heteroatoms. The first-order valence-corrected chi connectivity index (χ1v) is 11.8. The van der Waals surface area contributed by atoms with Gasteiger partial charge in [0, 0.05) is 12.5 Å². The fourth-order valence-electron chi connectivity index (χ4n) is 4.31. The normalized spacial score (nSPS) is 12.7. The second-order valence-electron chi connectivity index (χ2n) is 8.49. The van der Waals surface area contributed by atoms with E-state index in [1.165, 1.54) is 0 Å². The molecule has 186 valence electrons. The second kappa shape index (κ2) is 11.9. The molecule has 8 nitrogen and oxygen atoms in total. The molecule has 1 atom stereocenters. The Morgan fingerprint density at radius 3 is 2.06 bits per heavy atom. The second-order valence-corrected chi connectivity index (χ2v) is 8.49. The topological polar surface area (TPSA) is 114 Å². The van der Waals surface area contributed by atoms with Crippen LogP contribution in [0.25, 0.3) is 11.1 Å². The largest absolute Gasteiger partial charge is 0.480 e. The summed E-state index contributed by atoms with van der Waals surface area (Å²) in [6.07, 6.45) is -0.922. The van der Waals surface area contributed by atoms with Crippen LogP contribution in [0.15, 0.2) is 78.9 Å². The van der Waals surface area contributed by atoms with Gasteiger partial charge in [0.15, 0.2) is 0 Å². The fourth-order valence-corrected chi connectivity index (χ4v) is 4.31. The van der Waals surface area contributed by atoms with Gasteiger partial charge in [0.05, 0.1) is 0 Å². The lowest BCUT2D eigenvalue weighted by molar-refractivity contribution is -0.139. The predicted octanol–water partition coefficient (Wildman–Crippen LogP) is 4.68. The summed E-state index contributed by atoms with van der Waals surface area (Å²) < 4.78 is 10.6. The number of hydrogen-bond donors (Lipinski definition) is 3. The number of carbonyl (C=O) groups is 3. The van der Waals surface area contributed by atoms with Crippen molar-refractivity contribution >= 4 is 18.2 Å². The Hall–Kier alpha value is -4.33. The number of fused-ring (bicyclic) bond motifs is 3. The van der Waals surface area contributed by atoms with Crippen molar-refractivity contribution in [2.45, 2.75) is 31.4 Å². The minimum Gasteiger partial charge on any atom is -0.480 e. The standard InChI is InChI=1S/C28H28N2O6/c31-26(32)25(30-28(34)35-17-19-9-2-1-3-10-19)15-8-16-29-27(33)36-18-24-22-13-6-4-11-20(22)21-12-5-7-14-23(21)24/h1-7,9-14,24-25H,8,15-18H2,(H,29,33)(H,30,34)(H,31,32)/t25-/m0/s1. The summed E-state index contributed by atoms with van der Waals surface area (Å²) in [6.45, 7) is 0.454. The Morgan fingerprint density at radius 2 is 1.42 bits per heavy atom. The maximum atomic E-state index is 12.3. The third kappa shape index (κ3) is 6.21. The van der Waals surface area contributed by atoms with Crippen molar-refractivity contribution in [3.05, 3.63) is 95.6 Å². The van der Waals surface area contributed by atoms with E-state index in [9.17, 15) is 19.5 Å². The van der Waals surface area contributed by atoms with Gasteiger partial charge in [-0.25, -0.2) is 14.4 Å². The van der Waals surface area contributed by atoms with E-state index >= 15 is 0 Å². The van der Waals surface area contributed by atoms with E-state index < -0.39 is 24.2 Å². The lowest BCUT2D eigenvalue weighted by Crippen LogP contribution is -2.41. The molecule has 0 saturated carbocycles. The summed E-state index contributed by atoms with van der Waals surface area (Å²) in [5.74, 6) is -1.21. The van der Waals surface area contributed by atoms with Crippen LogP contribution in [0, 0.1) is 0 Å². The first-order chi connectivity index (χ1) is 17.5. The lowest BCUT2D eigenvalue weighted by atomic mass is 9.98. The Bertz CT molecular complexity index is 1170. The zero-order valence-corrected chi connectivity index (χ0v) is 19.7. The van der Waals surface area contributed by atoms with Crippen LogP contribution >= 0.6 is 0 Å². The van der Waals surface area contributed by atoms with E-state index in [1.54, 1.807) is 12.1 Å². The quantitative estimate of drug-likeness (QED) is 0.357. The molecule has 0 radical (unpaired) electrons. The van der Waals surface area contributed by atoms with Gasteiger partial charge in [-0.15, -0.1) is 0 Å². The Balaban J connectivity index is 1.19. The van der Waals surface area contributed by atoms with Gasteiger partial charge >= 0.3 is 18.2 Å². The maximum Gasteiger partial charge on any atom is 0.408 e. The average molecular weight is 489 g/mol. The molecule has 0 spiro atoms. The van der Waals surface area contributed by atoms with E-state index in [0.717, 1.165) is 27.8 Å². The predicted molar refractivity (Wildman–Crippen MR) is 133 cm³/mol. The Morgan fingerprint density at radius 1 is 0.806 bits per heavy atom. The van der Waals surface area contributed by atoms with Crippen LogP contribution in [0.5, 0.6) is 0 Å². The van der Waals surface area contributed by atoms with Crippen molar-refractivity contribution < 1.29 is 29.0 Å². The number of alkyl carbamates (subject to hydrolysis) is 2. The number of carboxylic acids is 1. The minimum atomic E-state index is -1.17. The molecule has 0 aromatic heterocycles. The summed E-state index contributed by atoms with van der Waals surface area (Å²) in [5, 5.41) is 14.4. The van der Waals surface area contributed by atoms with Crippen LogP contribution in [0.3, 0.4) is 0 Å². The molecular weight excluding hydrogens is 460 g/mol. The fraction of sp³-hybridized carbons (Fsp3) is 0.250. The van der Waals surface area contributed by atoms with Crippen LogP contribution in [0.2, 0.25) is 0 Å². The number of nitrogens with one attached hydrogen (secondary N) is 2. The van der Waals surface area contributed by atoms with Gasteiger partial charge in [0.25, 0.3) is 0 Å². The molecule has 2 amide bonds. The van der Waals surface area contributed by atoms with Gasteiger partial charge in [0.1, 0.15) is 19.3 Å². The third-order valence-electron chi connectivity index (χ3n) is 6.09. The number of carboxylic acid groups (broad SMARTS) is 1. The van der Waals surface area contributed by atoms with Crippen LogP contribution in [-0.4, -0.2) is 42.5 Å². The summed E-state index contributed by atoms with van der Waals surface area (Å²) in [6, 6.07) is 24.1. The molecule has 3 aromatic rings. The number of aliphatic carboxylic acids is 1.